The van der Waals surface area contributed by atoms with Crippen LogP contribution in [0.2, 0.25) is 0 Å². The summed E-state index contributed by atoms with van der Waals surface area (Å²) in [5, 5.41) is 21.3. The van der Waals surface area contributed by atoms with Crippen LogP contribution in [-0.4, -0.2) is 28.6 Å². The second-order valence-electron chi connectivity index (χ2n) is 9.28. The van der Waals surface area contributed by atoms with Crippen molar-refractivity contribution in [2.24, 2.45) is 34.5 Å². The third-order valence-electron chi connectivity index (χ3n) is 8.54. The minimum absolute atomic E-state index is 0.158. The molecule has 4 fully saturated rings. The van der Waals surface area contributed by atoms with Crippen molar-refractivity contribution in [2.45, 2.75) is 83.6 Å². The van der Waals surface area contributed by atoms with Crippen molar-refractivity contribution in [2.75, 3.05) is 0 Å². The Bertz CT molecular complexity index is 455. The van der Waals surface area contributed by atoms with Gasteiger partial charge in [0.2, 0.25) is 0 Å². The number of hydrogen-bond donors (Lipinski definition) is 2. The summed E-state index contributed by atoms with van der Waals surface area (Å²) in [6, 6.07) is 0. The molecule has 9 atom stereocenters. The first-order valence-electron chi connectivity index (χ1n) is 9.38. The average Bonchev–Trinajstić information content (AvgIpc) is 2.71. The van der Waals surface area contributed by atoms with Crippen molar-refractivity contribution < 1.29 is 14.6 Å². The van der Waals surface area contributed by atoms with Gasteiger partial charge in [-0.25, -0.2) is 4.39 Å². The lowest BCUT2D eigenvalue weighted by molar-refractivity contribution is -0.168. The third kappa shape index (κ3) is 1.84. The molecule has 3 heteroatoms. The smallest absolute Gasteiger partial charge is 0.127 e. The number of alkyl halides is 1. The van der Waals surface area contributed by atoms with Gasteiger partial charge in [-0.05, 0) is 73.0 Å². The molecule has 0 heterocycles. The van der Waals surface area contributed by atoms with E-state index in [4.69, 9.17) is 0 Å². The highest BCUT2D eigenvalue weighted by molar-refractivity contribution is 5.12. The molecule has 0 radical (unpaired) electrons. The van der Waals surface area contributed by atoms with Gasteiger partial charge in [0.15, 0.2) is 0 Å². The molecule has 0 aromatic carbocycles. The van der Waals surface area contributed by atoms with Gasteiger partial charge >= 0.3 is 0 Å². The van der Waals surface area contributed by atoms with E-state index in [-0.39, 0.29) is 23.4 Å². The number of rotatable bonds is 0. The maximum Gasteiger partial charge on any atom is 0.127 e. The fraction of sp³-hybridized carbons (Fsp3) is 1.00. The molecule has 4 rings (SSSR count). The summed E-state index contributed by atoms with van der Waals surface area (Å²) in [7, 11) is 0. The Morgan fingerprint density at radius 2 is 1.68 bits per heavy atom. The highest BCUT2D eigenvalue weighted by Crippen LogP contribution is 2.66. The molecule has 0 aliphatic heterocycles. The first-order valence-corrected chi connectivity index (χ1v) is 9.38. The van der Waals surface area contributed by atoms with Crippen molar-refractivity contribution in [3.63, 3.8) is 0 Å². The molecule has 9 unspecified atom stereocenters. The van der Waals surface area contributed by atoms with Crippen LogP contribution in [0.5, 0.6) is 0 Å². The van der Waals surface area contributed by atoms with E-state index >= 15 is 0 Å². The summed E-state index contributed by atoms with van der Waals surface area (Å²) in [5.41, 5.74) is 0.0161. The molecular weight excluding hydrogens is 279 g/mol. The lowest BCUT2D eigenvalue weighted by Gasteiger charge is -2.61. The summed E-state index contributed by atoms with van der Waals surface area (Å²) in [6.45, 7) is 4.52. The molecule has 22 heavy (non-hydrogen) atoms. The normalized spacial score (nSPS) is 61.2. The standard InChI is InChI=1S/C19H31FO2/c1-18-7-4-3-5-11(18)9-15(21)16-12(18)6-8-19(2)13(16)10-14(20)17(19)22/h11-17,21-22H,3-10H2,1-2H3. The van der Waals surface area contributed by atoms with Gasteiger partial charge in [-0.3, -0.25) is 0 Å². The van der Waals surface area contributed by atoms with Crippen LogP contribution >= 0.6 is 0 Å². The Balaban J connectivity index is 1.70. The average molecular weight is 310 g/mol. The molecule has 0 bridgehead atoms. The Hall–Kier alpha value is -0.150. The summed E-state index contributed by atoms with van der Waals surface area (Å²) in [6.07, 6.45) is 6.27. The first kappa shape index (κ1) is 15.4. The number of fused-ring (bicyclic) bond motifs is 5. The molecule has 2 nitrogen and oxygen atoms in total. The van der Waals surface area contributed by atoms with Crippen molar-refractivity contribution in [3.05, 3.63) is 0 Å². The summed E-state index contributed by atoms with van der Waals surface area (Å²) >= 11 is 0. The molecule has 0 amide bonds. The molecule has 4 aliphatic rings. The van der Waals surface area contributed by atoms with E-state index in [1.807, 2.05) is 0 Å². The Kier molecular flexibility index (Phi) is 3.44. The zero-order chi connectivity index (χ0) is 15.7. The Morgan fingerprint density at radius 3 is 2.45 bits per heavy atom. The summed E-state index contributed by atoms with van der Waals surface area (Å²) in [4.78, 5) is 0. The van der Waals surface area contributed by atoms with Gasteiger partial charge in [0, 0.05) is 0 Å². The Labute approximate surface area is 133 Å². The number of aliphatic hydroxyl groups is 2. The van der Waals surface area contributed by atoms with Crippen LogP contribution in [0.25, 0.3) is 0 Å². The van der Waals surface area contributed by atoms with E-state index in [1.54, 1.807) is 0 Å². The fourth-order valence-corrected chi connectivity index (χ4v) is 7.20. The van der Waals surface area contributed by atoms with Crippen LogP contribution in [-0.2, 0) is 0 Å². The van der Waals surface area contributed by atoms with E-state index in [0.717, 1.165) is 19.3 Å². The van der Waals surface area contributed by atoms with Crippen LogP contribution < -0.4 is 0 Å². The van der Waals surface area contributed by atoms with Crippen LogP contribution in [0.15, 0.2) is 0 Å². The molecule has 0 aromatic heterocycles. The maximum absolute atomic E-state index is 14.2. The summed E-state index contributed by atoms with van der Waals surface area (Å²) in [5.74, 6) is 1.53. The van der Waals surface area contributed by atoms with Crippen LogP contribution in [0.3, 0.4) is 0 Å². The molecule has 4 saturated carbocycles. The second-order valence-corrected chi connectivity index (χ2v) is 9.28. The van der Waals surface area contributed by atoms with E-state index in [1.165, 1.54) is 25.7 Å². The van der Waals surface area contributed by atoms with Crippen LogP contribution in [0.4, 0.5) is 4.39 Å². The Morgan fingerprint density at radius 1 is 0.909 bits per heavy atom. The van der Waals surface area contributed by atoms with Crippen molar-refractivity contribution >= 4 is 0 Å². The molecule has 0 saturated heterocycles. The van der Waals surface area contributed by atoms with Crippen molar-refractivity contribution in [1.29, 1.82) is 0 Å². The van der Waals surface area contributed by atoms with E-state index in [2.05, 4.69) is 13.8 Å². The highest BCUT2D eigenvalue weighted by Gasteiger charge is 2.64. The lowest BCUT2D eigenvalue weighted by atomic mass is 9.44. The maximum atomic E-state index is 14.2. The van der Waals surface area contributed by atoms with Crippen LogP contribution in [0, 0.1) is 34.5 Å². The van der Waals surface area contributed by atoms with Crippen molar-refractivity contribution in [3.8, 4) is 0 Å². The topological polar surface area (TPSA) is 40.5 Å². The third-order valence-corrected chi connectivity index (χ3v) is 8.54. The highest BCUT2D eigenvalue weighted by atomic mass is 19.1. The van der Waals surface area contributed by atoms with Crippen molar-refractivity contribution in [1.82, 2.24) is 0 Å². The van der Waals surface area contributed by atoms with Gasteiger partial charge in [0.25, 0.3) is 0 Å². The van der Waals surface area contributed by atoms with Gasteiger partial charge in [0.1, 0.15) is 6.17 Å². The molecule has 0 aromatic rings. The van der Waals surface area contributed by atoms with Gasteiger partial charge in [0.05, 0.1) is 12.2 Å². The largest absolute Gasteiger partial charge is 0.393 e. The molecule has 126 valence electrons. The number of hydrogen-bond acceptors (Lipinski definition) is 2. The SMILES string of the molecule is CC12CCCCC1CC(O)C1C2CCC2(C)C(O)C(F)CC12. The van der Waals surface area contributed by atoms with Crippen LogP contribution in [0.1, 0.15) is 65.2 Å². The fourth-order valence-electron chi connectivity index (χ4n) is 7.20. The minimum Gasteiger partial charge on any atom is -0.393 e. The zero-order valence-electron chi connectivity index (χ0n) is 14.0. The van der Waals surface area contributed by atoms with Gasteiger partial charge in [-0.15, -0.1) is 0 Å². The predicted octanol–water partition coefficient (Wildman–Crippen LogP) is 3.70. The van der Waals surface area contributed by atoms with Gasteiger partial charge < -0.3 is 10.2 Å². The quantitative estimate of drug-likeness (QED) is 0.716. The predicted molar refractivity (Wildman–Crippen MR) is 84.0 cm³/mol. The van der Waals surface area contributed by atoms with E-state index in [9.17, 15) is 14.6 Å². The van der Waals surface area contributed by atoms with Gasteiger partial charge in [-0.2, -0.15) is 0 Å². The van der Waals surface area contributed by atoms with E-state index < -0.39 is 12.3 Å². The minimum atomic E-state index is -1.10. The lowest BCUT2D eigenvalue weighted by Crippen LogP contribution is -2.58. The monoisotopic (exact) mass is 310 g/mol. The first-order chi connectivity index (χ1) is 10.4. The molecular formula is C19H31FO2. The molecule has 0 spiro atoms. The van der Waals surface area contributed by atoms with Gasteiger partial charge in [-0.1, -0.05) is 26.7 Å². The number of halogens is 1. The summed E-state index contributed by atoms with van der Waals surface area (Å²) < 4.78 is 14.2. The van der Waals surface area contributed by atoms with E-state index in [0.29, 0.717) is 23.7 Å². The molecule has 2 N–H and O–H groups in total. The number of aliphatic hydroxyl groups excluding tert-OH is 2. The zero-order valence-corrected chi connectivity index (χ0v) is 14.0. The second kappa shape index (κ2) is 4.92. The molecule has 4 aliphatic carbocycles.